The van der Waals surface area contributed by atoms with Gasteiger partial charge in [0.1, 0.15) is 0 Å². The van der Waals surface area contributed by atoms with E-state index in [1.807, 2.05) is 0 Å². The van der Waals surface area contributed by atoms with Crippen LogP contribution in [-0.4, -0.2) is 36.7 Å². The molecule has 7 nitrogen and oxygen atoms in total. The zero-order valence-corrected chi connectivity index (χ0v) is 12.8. The van der Waals surface area contributed by atoms with Gasteiger partial charge < -0.3 is 20.3 Å². The Morgan fingerprint density at radius 1 is 1.29 bits per heavy atom. The van der Waals surface area contributed by atoms with Crippen molar-refractivity contribution in [3.63, 3.8) is 0 Å². The summed E-state index contributed by atoms with van der Waals surface area (Å²) in [6.07, 6.45) is 2.36. The molecule has 0 radical (unpaired) electrons. The van der Waals surface area contributed by atoms with Crippen molar-refractivity contribution in [1.82, 2.24) is 0 Å². The number of methoxy groups -OCH3 is 1. The van der Waals surface area contributed by atoms with E-state index in [4.69, 9.17) is 10.8 Å². The first-order valence-corrected chi connectivity index (χ1v) is 5.82. The summed E-state index contributed by atoms with van der Waals surface area (Å²) >= 11 is 0. The predicted octanol–water partition coefficient (Wildman–Crippen LogP) is 1.40. The van der Waals surface area contributed by atoms with E-state index < -0.39 is 5.97 Å². The molecule has 0 amide bonds. The van der Waals surface area contributed by atoms with Gasteiger partial charge in [0, 0.05) is 23.4 Å². The smallest absolute Gasteiger partial charge is 0.334 e. The first kappa shape index (κ1) is 23.5. The number of hydrogen-bond acceptors (Lipinski definition) is 6. The minimum Gasteiger partial charge on any atom is -0.478 e. The summed E-state index contributed by atoms with van der Waals surface area (Å²) in [5, 5.41) is 7.89. The number of carboxylic acid groups (broad SMARTS) is 1. The van der Waals surface area contributed by atoms with Gasteiger partial charge in [0.25, 0.3) is 0 Å². The SMILES string of the molecule is C=C(C)C(=O)O.C=CC(=O)OCC.COC(=O)/C(C)=C/N. The van der Waals surface area contributed by atoms with E-state index in [-0.39, 0.29) is 17.5 Å². The number of carboxylic acids is 1. The molecule has 120 valence electrons. The summed E-state index contributed by atoms with van der Waals surface area (Å²) in [7, 11) is 1.31. The quantitative estimate of drug-likeness (QED) is 0.595. The van der Waals surface area contributed by atoms with Crippen LogP contribution < -0.4 is 5.73 Å². The summed E-state index contributed by atoms with van der Waals surface area (Å²) in [5.41, 5.74) is 5.59. The highest BCUT2D eigenvalue weighted by molar-refractivity contribution is 5.87. The molecule has 7 heteroatoms. The van der Waals surface area contributed by atoms with Crippen molar-refractivity contribution in [3.05, 3.63) is 36.6 Å². The lowest BCUT2D eigenvalue weighted by Gasteiger charge is -1.93. The molecular weight excluding hydrogens is 278 g/mol. The molecule has 0 atom stereocenters. The monoisotopic (exact) mass is 301 g/mol. The van der Waals surface area contributed by atoms with Crippen LogP contribution in [0.5, 0.6) is 0 Å². The maximum Gasteiger partial charge on any atom is 0.334 e. The predicted molar refractivity (Wildman–Crippen MR) is 79.2 cm³/mol. The lowest BCUT2D eigenvalue weighted by Crippen LogP contribution is -2.02. The van der Waals surface area contributed by atoms with Gasteiger partial charge in [-0.05, 0) is 20.8 Å². The number of esters is 2. The van der Waals surface area contributed by atoms with E-state index in [0.717, 1.165) is 6.08 Å². The largest absolute Gasteiger partial charge is 0.478 e. The Labute approximate surface area is 124 Å². The van der Waals surface area contributed by atoms with Crippen molar-refractivity contribution in [1.29, 1.82) is 0 Å². The second-order valence-corrected chi connectivity index (χ2v) is 3.38. The molecule has 0 aromatic carbocycles. The van der Waals surface area contributed by atoms with Crippen LogP contribution in [0.1, 0.15) is 20.8 Å². The Hall–Kier alpha value is -2.57. The minimum absolute atomic E-state index is 0.176. The minimum atomic E-state index is -0.935. The van der Waals surface area contributed by atoms with Gasteiger partial charge >= 0.3 is 17.9 Å². The number of ether oxygens (including phenoxy) is 2. The second-order valence-electron chi connectivity index (χ2n) is 3.38. The van der Waals surface area contributed by atoms with Crippen molar-refractivity contribution in [2.24, 2.45) is 5.73 Å². The van der Waals surface area contributed by atoms with Gasteiger partial charge in [-0.1, -0.05) is 13.2 Å². The summed E-state index contributed by atoms with van der Waals surface area (Å²) in [6.45, 7) is 11.6. The van der Waals surface area contributed by atoms with Crippen LogP contribution in [0.15, 0.2) is 36.6 Å². The van der Waals surface area contributed by atoms with Gasteiger partial charge in [0.15, 0.2) is 0 Å². The molecule has 0 bridgehead atoms. The van der Waals surface area contributed by atoms with E-state index in [2.05, 4.69) is 22.6 Å². The van der Waals surface area contributed by atoms with Gasteiger partial charge in [0.2, 0.25) is 0 Å². The molecule has 0 aromatic heterocycles. The van der Waals surface area contributed by atoms with E-state index in [1.165, 1.54) is 20.2 Å². The Bertz CT molecular complexity index is 386. The molecular formula is C14H23NO6. The highest BCUT2D eigenvalue weighted by atomic mass is 16.5. The molecule has 21 heavy (non-hydrogen) atoms. The second kappa shape index (κ2) is 15.5. The third-order valence-corrected chi connectivity index (χ3v) is 1.58. The maximum atomic E-state index is 10.4. The van der Waals surface area contributed by atoms with Crippen molar-refractivity contribution in [2.75, 3.05) is 13.7 Å². The molecule has 0 rings (SSSR count). The average molecular weight is 301 g/mol. The zero-order chi connectivity index (χ0) is 17.4. The normalized spacial score (nSPS) is 8.86. The van der Waals surface area contributed by atoms with Gasteiger partial charge in [-0.3, -0.25) is 0 Å². The molecule has 0 aliphatic rings. The molecule has 0 fully saturated rings. The van der Waals surface area contributed by atoms with Crippen molar-refractivity contribution >= 4 is 17.9 Å². The number of rotatable bonds is 4. The number of carbonyl (C=O) groups is 3. The molecule has 0 saturated heterocycles. The molecule has 3 N–H and O–H groups in total. The first-order chi connectivity index (χ1) is 9.67. The highest BCUT2D eigenvalue weighted by Crippen LogP contribution is 1.89. The highest BCUT2D eigenvalue weighted by Gasteiger charge is 1.98. The van der Waals surface area contributed by atoms with Gasteiger partial charge in [0.05, 0.1) is 13.7 Å². The van der Waals surface area contributed by atoms with Crippen LogP contribution in [0, 0.1) is 0 Å². The molecule has 0 saturated carbocycles. The van der Waals surface area contributed by atoms with Crippen molar-refractivity contribution in [3.8, 4) is 0 Å². The standard InChI is InChI=1S/C5H9NO2.C5H8O2.C4H6O2/c1-4(3-6)5(7)8-2;1-3-5(6)7-4-2;1-3(2)4(5)6/h3H,6H2,1-2H3;3H,1,4H2,2H3;1H2,2H3,(H,5,6)/b4-3+;;. The summed E-state index contributed by atoms with van der Waals surface area (Å²) in [6, 6.07) is 0. The number of aliphatic carboxylic acids is 1. The van der Waals surface area contributed by atoms with Gasteiger partial charge in [-0.15, -0.1) is 0 Å². The van der Waals surface area contributed by atoms with E-state index in [1.54, 1.807) is 13.8 Å². The molecule has 0 aliphatic heterocycles. The van der Waals surface area contributed by atoms with Crippen LogP contribution in [-0.2, 0) is 23.9 Å². The van der Waals surface area contributed by atoms with Crippen molar-refractivity contribution < 1.29 is 29.0 Å². The van der Waals surface area contributed by atoms with Crippen molar-refractivity contribution in [2.45, 2.75) is 20.8 Å². The van der Waals surface area contributed by atoms with Crippen LogP contribution in [0.3, 0.4) is 0 Å². The number of hydrogen-bond donors (Lipinski definition) is 2. The van der Waals surface area contributed by atoms with E-state index in [0.29, 0.717) is 12.2 Å². The lowest BCUT2D eigenvalue weighted by molar-refractivity contribution is -0.137. The Kier molecular flexibility index (Phi) is 17.3. The van der Waals surface area contributed by atoms with E-state index in [9.17, 15) is 14.4 Å². The molecule has 0 aliphatic carbocycles. The fourth-order valence-corrected chi connectivity index (χ4v) is 0.430. The molecule has 0 unspecified atom stereocenters. The maximum absolute atomic E-state index is 10.4. The van der Waals surface area contributed by atoms with Gasteiger partial charge in [-0.25, -0.2) is 14.4 Å². The Morgan fingerprint density at radius 3 is 1.81 bits per heavy atom. The Morgan fingerprint density at radius 2 is 1.71 bits per heavy atom. The lowest BCUT2D eigenvalue weighted by atomic mass is 10.3. The average Bonchev–Trinajstić information content (AvgIpc) is 2.46. The molecule has 0 spiro atoms. The zero-order valence-electron chi connectivity index (χ0n) is 12.8. The van der Waals surface area contributed by atoms with Crippen LogP contribution >= 0.6 is 0 Å². The topological polar surface area (TPSA) is 116 Å². The third-order valence-electron chi connectivity index (χ3n) is 1.58. The summed E-state index contributed by atoms with van der Waals surface area (Å²) in [4.78, 5) is 30.0. The van der Waals surface area contributed by atoms with Gasteiger partial charge in [-0.2, -0.15) is 0 Å². The fourth-order valence-electron chi connectivity index (χ4n) is 0.430. The molecule has 0 heterocycles. The summed E-state index contributed by atoms with van der Waals surface area (Å²) in [5.74, 6) is -1.68. The fraction of sp³-hybridized carbons (Fsp3) is 0.357. The first-order valence-electron chi connectivity index (χ1n) is 5.82. The van der Waals surface area contributed by atoms with Crippen LogP contribution in [0.2, 0.25) is 0 Å². The number of carbonyl (C=O) groups excluding carboxylic acids is 2. The third kappa shape index (κ3) is 19.9. The number of nitrogens with two attached hydrogens (primary N) is 1. The van der Waals surface area contributed by atoms with Crippen LogP contribution in [0.25, 0.3) is 0 Å². The summed E-state index contributed by atoms with van der Waals surface area (Å²) < 4.78 is 8.75. The van der Waals surface area contributed by atoms with E-state index >= 15 is 0 Å². The molecule has 0 aromatic rings. The van der Waals surface area contributed by atoms with Crippen LogP contribution in [0.4, 0.5) is 0 Å². The Balaban J connectivity index is -0.000000234.